The maximum Gasteiger partial charge on any atom is 0.0991 e. The van der Waals surface area contributed by atoms with Crippen LogP contribution < -0.4 is 5.32 Å². The van der Waals surface area contributed by atoms with Crippen molar-refractivity contribution in [2.45, 2.75) is 16.3 Å². The van der Waals surface area contributed by atoms with E-state index in [1.165, 1.54) is 9.79 Å². The van der Waals surface area contributed by atoms with E-state index in [1.807, 2.05) is 36.4 Å². The van der Waals surface area contributed by atoms with Crippen molar-refractivity contribution in [1.82, 2.24) is 0 Å². The predicted molar refractivity (Wildman–Crippen MR) is 95.5 cm³/mol. The van der Waals surface area contributed by atoms with E-state index in [0.717, 1.165) is 17.8 Å². The van der Waals surface area contributed by atoms with Crippen molar-refractivity contribution in [2.24, 2.45) is 0 Å². The summed E-state index contributed by atoms with van der Waals surface area (Å²) in [5, 5.41) is 12.3. The van der Waals surface area contributed by atoms with Gasteiger partial charge in [-0.3, -0.25) is 0 Å². The standard InChI is InChI=1S/C20H16N2S/c21-14-16-10-12-17(13-11-16)15-22-19-8-4-5-9-20(19)23-18-6-2-1-3-7-18/h1-13,22H,15H2. The van der Waals surface area contributed by atoms with Crippen LogP contribution in [0.15, 0.2) is 88.7 Å². The Morgan fingerprint density at radius 2 is 1.52 bits per heavy atom. The highest BCUT2D eigenvalue weighted by molar-refractivity contribution is 7.99. The van der Waals surface area contributed by atoms with Crippen LogP contribution >= 0.6 is 11.8 Å². The molecule has 3 heteroatoms. The van der Waals surface area contributed by atoms with E-state index >= 15 is 0 Å². The fourth-order valence-electron chi connectivity index (χ4n) is 2.21. The highest BCUT2D eigenvalue weighted by atomic mass is 32.2. The Hall–Kier alpha value is -2.70. The highest BCUT2D eigenvalue weighted by Crippen LogP contribution is 2.33. The molecule has 3 rings (SSSR count). The molecule has 112 valence electrons. The summed E-state index contributed by atoms with van der Waals surface area (Å²) in [4.78, 5) is 2.42. The lowest BCUT2D eigenvalue weighted by atomic mass is 10.1. The fourth-order valence-corrected chi connectivity index (χ4v) is 3.16. The number of nitrogens with zero attached hydrogens (tertiary/aromatic N) is 1. The molecular weight excluding hydrogens is 300 g/mol. The molecule has 0 fully saturated rings. The largest absolute Gasteiger partial charge is 0.380 e. The summed E-state index contributed by atoms with van der Waals surface area (Å²) >= 11 is 1.75. The van der Waals surface area contributed by atoms with Gasteiger partial charge in [0.05, 0.1) is 11.6 Å². The third-order valence-electron chi connectivity index (χ3n) is 3.42. The van der Waals surface area contributed by atoms with Gasteiger partial charge in [-0.25, -0.2) is 0 Å². The zero-order valence-electron chi connectivity index (χ0n) is 12.6. The van der Waals surface area contributed by atoms with Crippen molar-refractivity contribution in [2.75, 3.05) is 5.32 Å². The zero-order valence-corrected chi connectivity index (χ0v) is 13.4. The van der Waals surface area contributed by atoms with Gasteiger partial charge in [0.25, 0.3) is 0 Å². The second-order valence-corrected chi connectivity index (χ2v) is 6.19. The highest BCUT2D eigenvalue weighted by Gasteiger charge is 2.04. The number of benzene rings is 3. The second kappa shape index (κ2) is 7.53. The van der Waals surface area contributed by atoms with E-state index in [1.54, 1.807) is 11.8 Å². The average molecular weight is 316 g/mol. The van der Waals surface area contributed by atoms with Gasteiger partial charge in [-0.15, -0.1) is 0 Å². The van der Waals surface area contributed by atoms with E-state index in [2.05, 4.69) is 53.9 Å². The third kappa shape index (κ3) is 4.15. The normalized spacial score (nSPS) is 10.0. The third-order valence-corrected chi connectivity index (χ3v) is 4.51. The minimum absolute atomic E-state index is 0.689. The Labute approximate surface area is 140 Å². The number of rotatable bonds is 5. The topological polar surface area (TPSA) is 35.8 Å². The van der Waals surface area contributed by atoms with Gasteiger partial charge in [-0.1, -0.05) is 54.2 Å². The van der Waals surface area contributed by atoms with Crippen molar-refractivity contribution in [3.63, 3.8) is 0 Å². The van der Waals surface area contributed by atoms with Crippen LogP contribution in [0.25, 0.3) is 0 Å². The second-order valence-electron chi connectivity index (χ2n) is 5.07. The smallest absolute Gasteiger partial charge is 0.0991 e. The summed E-state index contributed by atoms with van der Waals surface area (Å²) in [5.41, 5.74) is 2.96. The first kappa shape index (κ1) is 15.2. The molecule has 0 radical (unpaired) electrons. The van der Waals surface area contributed by atoms with Crippen molar-refractivity contribution in [3.8, 4) is 6.07 Å². The molecule has 0 amide bonds. The van der Waals surface area contributed by atoms with E-state index in [9.17, 15) is 0 Å². The number of hydrogen-bond acceptors (Lipinski definition) is 3. The Kier molecular flexibility index (Phi) is 4.98. The first-order valence-electron chi connectivity index (χ1n) is 7.40. The lowest BCUT2D eigenvalue weighted by molar-refractivity contribution is 1.13. The van der Waals surface area contributed by atoms with Crippen molar-refractivity contribution in [1.29, 1.82) is 5.26 Å². The van der Waals surface area contributed by atoms with Crippen LogP contribution in [0.1, 0.15) is 11.1 Å². The average Bonchev–Trinajstić information content (AvgIpc) is 2.62. The van der Waals surface area contributed by atoms with Crippen molar-refractivity contribution < 1.29 is 0 Å². The number of para-hydroxylation sites is 1. The first-order chi connectivity index (χ1) is 11.3. The monoisotopic (exact) mass is 316 g/mol. The Morgan fingerprint density at radius 1 is 0.826 bits per heavy atom. The van der Waals surface area contributed by atoms with Crippen LogP contribution in [0.3, 0.4) is 0 Å². The Balaban J connectivity index is 1.71. The van der Waals surface area contributed by atoms with Crippen LogP contribution in [-0.2, 0) is 6.54 Å². The Bertz CT molecular complexity index is 805. The van der Waals surface area contributed by atoms with E-state index < -0.39 is 0 Å². The molecule has 0 saturated heterocycles. The van der Waals surface area contributed by atoms with Gasteiger partial charge >= 0.3 is 0 Å². The molecule has 0 aliphatic heterocycles. The maximum atomic E-state index is 8.84. The van der Waals surface area contributed by atoms with Gasteiger partial charge in [0, 0.05) is 22.0 Å². The molecule has 0 unspecified atom stereocenters. The molecule has 0 aliphatic rings. The number of hydrogen-bond donors (Lipinski definition) is 1. The Morgan fingerprint density at radius 3 is 2.26 bits per heavy atom. The van der Waals surface area contributed by atoms with Crippen LogP contribution in [0.2, 0.25) is 0 Å². The molecule has 3 aromatic carbocycles. The summed E-state index contributed by atoms with van der Waals surface area (Å²) in [6, 6.07) is 28.5. The quantitative estimate of drug-likeness (QED) is 0.692. The maximum absolute atomic E-state index is 8.84. The SMILES string of the molecule is N#Cc1ccc(CNc2ccccc2Sc2ccccc2)cc1. The molecule has 0 bridgehead atoms. The van der Waals surface area contributed by atoms with Gasteiger partial charge in [0.15, 0.2) is 0 Å². The summed E-state index contributed by atoms with van der Waals surface area (Å²) in [6.07, 6.45) is 0. The van der Waals surface area contributed by atoms with Crippen LogP contribution in [0, 0.1) is 11.3 Å². The van der Waals surface area contributed by atoms with Crippen molar-refractivity contribution >= 4 is 17.4 Å². The zero-order chi connectivity index (χ0) is 15.9. The van der Waals surface area contributed by atoms with Gasteiger partial charge in [0.1, 0.15) is 0 Å². The molecule has 0 aromatic heterocycles. The van der Waals surface area contributed by atoms with Crippen LogP contribution in [-0.4, -0.2) is 0 Å². The molecule has 23 heavy (non-hydrogen) atoms. The molecule has 0 aliphatic carbocycles. The lowest BCUT2D eigenvalue weighted by Crippen LogP contribution is -2.00. The first-order valence-corrected chi connectivity index (χ1v) is 8.21. The summed E-state index contributed by atoms with van der Waals surface area (Å²) in [6.45, 7) is 0.734. The van der Waals surface area contributed by atoms with Gasteiger partial charge in [-0.2, -0.15) is 5.26 Å². The van der Waals surface area contributed by atoms with Crippen molar-refractivity contribution in [3.05, 3.63) is 90.0 Å². The van der Waals surface area contributed by atoms with Gasteiger partial charge < -0.3 is 5.32 Å². The fraction of sp³-hybridized carbons (Fsp3) is 0.0500. The predicted octanol–water partition coefficient (Wildman–Crippen LogP) is 5.32. The van der Waals surface area contributed by atoms with Gasteiger partial charge in [-0.05, 0) is 42.0 Å². The van der Waals surface area contributed by atoms with E-state index in [0.29, 0.717) is 5.56 Å². The van der Waals surface area contributed by atoms with Gasteiger partial charge in [0.2, 0.25) is 0 Å². The molecule has 0 saturated carbocycles. The number of anilines is 1. The van der Waals surface area contributed by atoms with Crippen LogP contribution in [0.4, 0.5) is 5.69 Å². The minimum Gasteiger partial charge on any atom is -0.380 e. The molecule has 0 atom stereocenters. The molecule has 3 aromatic rings. The van der Waals surface area contributed by atoms with E-state index in [-0.39, 0.29) is 0 Å². The summed E-state index contributed by atoms with van der Waals surface area (Å²) in [5.74, 6) is 0. The minimum atomic E-state index is 0.689. The van der Waals surface area contributed by atoms with Crippen LogP contribution in [0.5, 0.6) is 0 Å². The molecule has 2 nitrogen and oxygen atoms in total. The lowest BCUT2D eigenvalue weighted by Gasteiger charge is -2.12. The molecule has 1 N–H and O–H groups in total. The summed E-state index contributed by atoms with van der Waals surface area (Å²) < 4.78 is 0. The number of nitriles is 1. The molecule has 0 heterocycles. The number of nitrogens with one attached hydrogen (secondary N) is 1. The molecular formula is C20H16N2S. The molecule has 0 spiro atoms. The summed E-state index contributed by atoms with van der Waals surface area (Å²) in [7, 11) is 0. The van der Waals surface area contributed by atoms with E-state index in [4.69, 9.17) is 5.26 Å².